The summed E-state index contributed by atoms with van der Waals surface area (Å²) in [5.41, 5.74) is 7.84. The lowest BCUT2D eigenvalue weighted by molar-refractivity contribution is 0.252. The van der Waals surface area contributed by atoms with Gasteiger partial charge >= 0.3 is 0 Å². The van der Waals surface area contributed by atoms with E-state index in [-0.39, 0.29) is 5.41 Å². The molecule has 2 heterocycles. The van der Waals surface area contributed by atoms with Crippen LogP contribution in [0.1, 0.15) is 61.3 Å². The maximum atomic E-state index is 4.76. The first-order chi connectivity index (χ1) is 13.4. The first-order valence-electron chi connectivity index (χ1n) is 10.3. The number of nitrogens with zero attached hydrogens (tertiary/aromatic N) is 4. The molecule has 148 valence electrons. The van der Waals surface area contributed by atoms with Crippen molar-refractivity contribution < 1.29 is 0 Å². The smallest absolute Gasteiger partial charge is 0.0649 e. The Bertz CT molecular complexity index is 962. The van der Waals surface area contributed by atoms with Gasteiger partial charge in [-0.1, -0.05) is 31.5 Å². The second kappa shape index (κ2) is 7.21. The van der Waals surface area contributed by atoms with E-state index in [4.69, 9.17) is 5.10 Å². The third-order valence-corrected chi connectivity index (χ3v) is 6.00. The molecule has 5 heteroatoms. The monoisotopic (exact) mass is 377 g/mol. The van der Waals surface area contributed by atoms with Crippen LogP contribution in [0.3, 0.4) is 0 Å². The largest absolute Gasteiger partial charge is 0.306 e. The van der Waals surface area contributed by atoms with Crippen molar-refractivity contribution in [1.29, 1.82) is 0 Å². The SMILES string of the molecule is CCn1ncc(CN[C@@H]2CC(C)(C)Cc3c2cnn3-c2ccc(C)cc2)c1C. The van der Waals surface area contributed by atoms with E-state index >= 15 is 0 Å². The summed E-state index contributed by atoms with van der Waals surface area (Å²) in [6.45, 7) is 12.9. The van der Waals surface area contributed by atoms with Crippen LogP contribution in [0.5, 0.6) is 0 Å². The molecule has 1 N–H and O–H groups in total. The van der Waals surface area contributed by atoms with E-state index in [0.29, 0.717) is 6.04 Å². The summed E-state index contributed by atoms with van der Waals surface area (Å²) >= 11 is 0. The lowest BCUT2D eigenvalue weighted by Gasteiger charge is -2.36. The van der Waals surface area contributed by atoms with Crippen LogP contribution in [0.25, 0.3) is 5.69 Å². The van der Waals surface area contributed by atoms with Gasteiger partial charge in [-0.25, -0.2) is 4.68 Å². The molecule has 28 heavy (non-hydrogen) atoms. The van der Waals surface area contributed by atoms with Crippen LogP contribution < -0.4 is 5.32 Å². The zero-order valence-corrected chi connectivity index (χ0v) is 17.7. The van der Waals surface area contributed by atoms with E-state index in [0.717, 1.165) is 31.6 Å². The van der Waals surface area contributed by atoms with Gasteiger partial charge in [0.05, 0.1) is 18.1 Å². The second-order valence-electron chi connectivity index (χ2n) is 8.84. The van der Waals surface area contributed by atoms with Crippen molar-refractivity contribution in [2.45, 2.75) is 66.6 Å². The van der Waals surface area contributed by atoms with Crippen LogP contribution in [-0.2, 0) is 19.5 Å². The van der Waals surface area contributed by atoms with Crippen molar-refractivity contribution in [1.82, 2.24) is 24.9 Å². The van der Waals surface area contributed by atoms with Gasteiger partial charge in [0.2, 0.25) is 0 Å². The van der Waals surface area contributed by atoms with Crippen LogP contribution >= 0.6 is 0 Å². The Morgan fingerprint density at radius 3 is 2.54 bits per heavy atom. The highest BCUT2D eigenvalue weighted by atomic mass is 15.3. The van der Waals surface area contributed by atoms with Gasteiger partial charge in [-0.3, -0.25) is 4.68 Å². The van der Waals surface area contributed by atoms with Gasteiger partial charge in [-0.15, -0.1) is 0 Å². The molecule has 0 bridgehead atoms. The van der Waals surface area contributed by atoms with Gasteiger partial charge in [0, 0.05) is 41.6 Å². The van der Waals surface area contributed by atoms with Gasteiger partial charge in [0.25, 0.3) is 0 Å². The van der Waals surface area contributed by atoms with Crippen molar-refractivity contribution in [3.05, 3.63) is 64.7 Å². The Morgan fingerprint density at radius 1 is 1.11 bits per heavy atom. The van der Waals surface area contributed by atoms with Crippen LogP contribution in [-0.4, -0.2) is 19.6 Å². The number of hydrogen-bond donors (Lipinski definition) is 1. The molecule has 0 radical (unpaired) electrons. The van der Waals surface area contributed by atoms with Crippen LogP contribution in [0.4, 0.5) is 0 Å². The van der Waals surface area contributed by atoms with E-state index in [1.54, 1.807) is 0 Å². The maximum absolute atomic E-state index is 4.76. The number of hydrogen-bond acceptors (Lipinski definition) is 3. The molecule has 0 aliphatic heterocycles. The zero-order valence-electron chi connectivity index (χ0n) is 17.7. The second-order valence-corrected chi connectivity index (χ2v) is 8.84. The molecule has 2 aromatic heterocycles. The van der Waals surface area contributed by atoms with Gasteiger partial charge in [0.15, 0.2) is 0 Å². The van der Waals surface area contributed by atoms with E-state index in [1.165, 1.54) is 28.1 Å². The van der Waals surface area contributed by atoms with E-state index < -0.39 is 0 Å². The van der Waals surface area contributed by atoms with Gasteiger partial charge in [-0.05, 0) is 51.2 Å². The van der Waals surface area contributed by atoms with Crippen LogP contribution in [0.15, 0.2) is 36.7 Å². The predicted molar refractivity (Wildman–Crippen MR) is 113 cm³/mol. The molecule has 1 aliphatic rings. The van der Waals surface area contributed by atoms with Gasteiger partial charge < -0.3 is 5.32 Å². The van der Waals surface area contributed by atoms with E-state index in [9.17, 15) is 0 Å². The first-order valence-corrected chi connectivity index (χ1v) is 10.3. The zero-order chi connectivity index (χ0) is 19.9. The summed E-state index contributed by atoms with van der Waals surface area (Å²) in [6.07, 6.45) is 6.21. The van der Waals surface area contributed by atoms with Crippen molar-refractivity contribution in [3.63, 3.8) is 0 Å². The third kappa shape index (κ3) is 3.51. The van der Waals surface area contributed by atoms with Gasteiger partial charge in [-0.2, -0.15) is 10.2 Å². The maximum Gasteiger partial charge on any atom is 0.0649 e. The molecule has 1 aromatic carbocycles. The minimum absolute atomic E-state index is 0.232. The summed E-state index contributed by atoms with van der Waals surface area (Å²) in [4.78, 5) is 0. The molecule has 0 amide bonds. The fourth-order valence-electron chi connectivity index (χ4n) is 4.34. The molecule has 0 saturated heterocycles. The highest BCUT2D eigenvalue weighted by molar-refractivity contribution is 5.39. The molecular weight excluding hydrogens is 346 g/mol. The van der Waals surface area contributed by atoms with E-state index in [1.807, 2.05) is 6.20 Å². The molecule has 5 nitrogen and oxygen atoms in total. The lowest BCUT2D eigenvalue weighted by Crippen LogP contribution is -2.33. The summed E-state index contributed by atoms with van der Waals surface area (Å²) in [5.74, 6) is 0. The first kappa shape index (κ1) is 18.9. The molecule has 0 unspecified atom stereocenters. The standard InChI is InChI=1S/C23H31N5/c1-6-27-17(3)18(14-25-27)13-24-21-11-23(4,5)12-22-20(21)15-26-28(22)19-9-7-16(2)8-10-19/h7-10,14-15,21,24H,6,11-13H2,1-5H3/t21-/m1/s1. The fraction of sp³-hybridized carbons (Fsp3) is 0.478. The minimum Gasteiger partial charge on any atom is -0.306 e. The summed E-state index contributed by atoms with van der Waals surface area (Å²) < 4.78 is 4.19. The highest BCUT2D eigenvalue weighted by Gasteiger charge is 2.35. The Hall–Kier alpha value is -2.40. The Morgan fingerprint density at radius 2 is 1.86 bits per heavy atom. The molecule has 4 rings (SSSR count). The summed E-state index contributed by atoms with van der Waals surface area (Å²) in [7, 11) is 0. The quantitative estimate of drug-likeness (QED) is 0.712. The average molecular weight is 378 g/mol. The van der Waals surface area contributed by atoms with Crippen molar-refractivity contribution in [2.75, 3.05) is 0 Å². The van der Waals surface area contributed by atoms with E-state index in [2.05, 4.69) is 84.9 Å². The lowest BCUT2D eigenvalue weighted by atomic mass is 9.74. The van der Waals surface area contributed by atoms with Crippen LogP contribution in [0.2, 0.25) is 0 Å². The molecule has 3 aromatic rings. The Balaban J connectivity index is 1.62. The third-order valence-electron chi connectivity index (χ3n) is 6.00. The topological polar surface area (TPSA) is 47.7 Å². The highest BCUT2D eigenvalue weighted by Crippen LogP contribution is 2.41. The Labute approximate surface area is 167 Å². The molecule has 0 spiro atoms. The van der Waals surface area contributed by atoms with Gasteiger partial charge in [0.1, 0.15) is 0 Å². The number of aryl methyl sites for hydroxylation is 2. The minimum atomic E-state index is 0.232. The van der Waals surface area contributed by atoms with Crippen molar-refractivity contribution in [3.8, 4) is 5.69 Å². The molecular formula is C23H31N5. The number of nitrogens with one attached hydrogen (secondary N) is 1. The number of rotatable bonds is 5. The normalized spacial score (nSPS) is 18.2. The molecule has 0 fully saturated rings. The summed E-state index contributed by atoms with van der Waals surface area (Å²) in [6, 6.07) is 8.94. The Kier molecular flexibility index (Phi) is 4.88. The number of benzene rings is 1. The van der Waals surface area contributed by atoms with Crippen LogP contribution in [0, 0.1) is 19.3 Å². The van der Waals surface area contributed by atoms with Crippen molar-refractivity contribution >= 4 is 0 Å². The average Bonchev–Trinajstić information content (AvgIpc) is 3.23. The number of fused-ring (bicyclic) bond motifs is 1. The fourth-order valence-corrected chi connectivity index (χ4v) is 4.34. The number of aromatic nitrogens is 4. The molecule has 1 aliphatic carbocycles. The predicted octanol–water partition coefficient (Wildman–Crippen LogP) is 4.51. The molecule has 0 saturated carbocycles. The molecule has 1 atom stereocenters. The van der Waals surface area contributed by atoms with Crippen molar-refractivity contribution in [2.24, 2.45) is 5.41 Å². The summed E-state index contributed by atoms with van der Waals surface area (Å²) in [5, 5.41) is 13.0.